The number of carboxylic acids is 1. The van der Waals surface area contributed by atoms with E-state index >= 15 is 0 Å². The van der Waals surface area contributed by atoms with Crippen molar-refractivity contribution >= 4 is 51.7 Å². The van der Waals surface area contributed by atoms with Crippen LogP contribution < -0.4 is 5.32 Å². The Morgan fingerprint density at radius 1 is 1.10 bits per heavy atom. The predicted molar refractivity (Wildman–Crippen MR) is 157 cm³/mol. The van der Waals surface area contributed by atoms with Crippen molar-refractivity contribution in [2.45, 2.75) is 40.0 Å². The Hall–Kier alpha value is -3.68. The quantitative estimate of drug-likeness (QED) is 0.231. The summed E-state index contributed by atoms with van der Waals surface area (Å²) in [6, 6.07) is 17.2. The molecule has 0 spiro atoms. The first-order valence-electron chi connectivity index (χ1n) is 12.8. The number of fused-ring (bicyclic) bond motifs is 1. The third kappa shape index (κ3) is 5.84. The second-order valence-corrected chi connectivity index (χ2v) is 12.3. The first-order chi connectivity index (χ1) is 18.6. The largest absolute Gasteiger partial charge is 0.478 e. The third-order valence-electron chi connectivity index (χ3n) is 7.16. The number of rotatable bonds is 6. The van der Waals surface area contributed by atoms with Crippen molar-refractivity contribution in [3.8, 4) is 11.3 Å². The lowest BCUT2D eigenvalue weighted by molar-refractivity contribution is 0.0697. The zero-order chi connectivity index (χ0) is 27.7. The topological polar surface area (TPSA) is 91.9 Å². The second kappa shape index (κ2) is 10.8. The Balaban J connectivity index is 1.48. The monoisotopic (exact) mass is 560 g/mol. The molecular formula is C31H29ClN2O4S. The highest BCUT2D eigenvalue weighted by Crippen LogP contribution is 2.45. The molecule has 0 bridgehead atoms. The first-order valence-corrected chi connectivity index (χ1v) is 14.0. The van der Waals surface area contributed by atoms with Gasteiger partial charge in [0.25, 0.3) is 5.91 Å². The minimum Gasteiger partial charge on any atom is -0.478 e. The maximum atomic E-state index is 13.5. The molecule has 2 aromatic heterocycles. The average molecular weight is 561 g/mol. The van der Waals surface area contributed by atoms with Crippen LogP contribution in [0.1, 0.15) is 64.1 Å². The van der Waals surface area contributed by atoms with Crippen LogP contribution in [0.2, 0.25) is 5.02 Å². The molecule has 2 aromatic carbocycles. The van der Waals surface area contributed by atoms with Gasteiger partial charge in [-0.1, -0.05) is 50.6 Å². The number of nitrogens with one attached hydrogen (secondary N) is 1. The number of amides is 1. The molecule has 39 heavy (non-hydrogen) atoms. The lowest BCUT2D eigenvalue weighted by atomic mass is 9.72. The highest BCUT2D eigenvalue weighted by molar-refractivity contribution is 7.16. The van der Waals surface area contributed by atoms with Crippen LogP contribution in [-0.2, 0) is 12.8 Å². The molecule has 4 aromatic rings. The first kappa shape index (κ1) is 26.9. The zero-order valence-electron chi connectivity index (χ0n) is 22.0. The van der Waals surface area contributed by atoms with Gasteiger partial charge in [-0.15, -0.1) is 11.3 Å². The molecule has 2 N–H and O–H groups in total. The minimum atomic E-state index is -1.02. The van der Waals surface area contributed by atoms with Gasteiger partial charge in [0.1, 0.15) is 16.5 Å². The number of anilines is 1. The van der Waals surface area contributed by atoms with Crippen LogP contribution in [0.3, 0.4) is 0 Å². The van der Waals surface area contributed by atoms with Gasteiger partial charge in [0.2, 0.25) is 0 Å². The predicted octanol–water partition coefficient (Wildman–Crippen LogP) is 8.51. The summed E-state index contributed by atoms with van der Waals surface area (Å²) in [6.07, 6.45) is 4.34. The van der Waals surface area contributed by atoms with Crippen molar-refractivity contribution in [1.82, 2.24) is 0 Å². The normalized spacial score (nSPS) is 15.3. The number of nitrogens with zero attached hydrogens (tertiary/aromatic N) is 1. The van der Waals surface area contributed by atoms with Crippen LogP contribution in [0.25, 0.3) is 11.3 Å². The van der Waals surface area contributed by atoms with Crippen LogP contribution in [0.4, 0.5) is 10.7 Å². The molecule has 8 heteroatoms. The Bertz CT molecular complexity index is 1560. The van der Waals surface area contributed by atoms with Gasteiger partial charge >= 0.3 is 5.97 Å². The van der Waals surface area contributed by atoms with E-state index in [1.807, 2.05) is 0 Å². The van der Waals surface area contributed by atoms with Crippen LogP contribution >= 0.6 is 22.9 Å². The lowest BCUT2D eigenvalue weighted by Crippen LogP contribution is -2.27. The number of carboxylic acid groups (broad SMARTS) is 1. The standard InChI is InChI=1S/C31H29ClN2O4S/c1-31(2,3)18-8-14-24-26(16-18)39-29(27(24)28(35)34-20-11-9-19(32)10-12-20)33-17-21-13-15-25(38-21)22-6-4-5-7-23(22)30(36)37/h4-7,9-13,15,17-18H,8,14,16H2,1-3H3,(H,34,35)(H,36,37)/t18-/m1/s1. The van der Waals surface area contributed by atoms with Crippen LogP contribution in [0.15, 0.2) is 70.1 Å². The van der Waals surface area contributed by atoms with Crippen molar-refractivity contribution in [2.24, 2.45) is 16.3 Å². The fraction of sp³-hybridized carbons (Fsp3) is 0.258. The highest BCUT2D eigenvalue weighted by atomic mass is 35.5. The number of furan rings is 1. The molecule has 0 saturated carbocycles. The van der Waals surface area contributed by atoms with Gasteiger partial charge in [-0.05, 0) is 78.6 Å². The second-order valence-electron chi connectivity index (χ2n) is 10.8. The summed E-state index contributed by atoms with van der Waals surface area (Å²) in [6.45, 7) is 6.79. The van der Waals surface area contributed by atoms with Crippen molar-refractivity contribution in [3.63, 3.8) is 0 Å². The Morgan fingerprint density at radius 3 is 2.56 bits per heavy atom. The van der Waals surface area contributed by atoms with Gasteiger partial charge in [-0.2, -0.15) is 0 Å². The van der Waals surface area contributed by atoms with Gasteiger partial charge in [-0.3, -0.25) is 4.79 Å². The van der Waals surface area contributed by atoms with Crippen LogP contribution in [0, 0.1) is 11.3 Å². The van der Waals surface area contributed by atoms with Crippen molar-refractivity contribution in [3.05, 3.63) is 93.0 Å². The van der Waals surface area contributed by atoms with Crippen molar-refractivity contribution in [2.75, 3.05) is 5.32 Å². The van der Waals surface area contributed by atoms with Gasteiger partial charge in [0.05, 0.1) is 17.3 Å². The number of benzene rings is 2. The van der Waals surface area contributed by atoms with E-state index in [-0.39, 0.29) is 16.9 Å². The van der Waals surface area contributed by atoms with Gasteiger partial charge in [0, 0.05) is 21.2 Å². The summed E-state index contributed by atoms with van der Waals surface area (Å²) in [5, 5.41) is 13.8. The molecule has 2 heterocycles. The molecule has 1 aliphatic rings. The number of hydrogen-bond donors (Lipinski definition) is 2. The molecule has 0 aliphatic heterocycles. The molecule has 6 nitrogen and oxygen atoms in total. The molecule has 1 aliphatic carbocycles. The van der Waals surface area contributed by atoms with E-state index in [0.29, 0.717) is 44.3 Å². The molecule has 0 fully saturated rings. The van der Waals surface area contributed by atoms with E-state index in [1.54, 1.807) is 78.2 Å². The third-order valence-corrected chi connectivity index (χ3v) is 8.57. The van der Waals surface area contributed by atoms with Crippen molar-refractivity contribution in [1.29, 1.82) is 0 Å². The molecule has 5 rings (SSSR count). The van der Waals surface area contributed by atoms with E-state index in [2.05, 4.69) is 26.1 Å². The Kier molecular flexibility index (Phi) is 7.47. The number of carbonyl (C=O) groups is 2. The fourth-order valence-electron chi connectivity index (χ4n) is 4.94. The lowest BCUT2D eigenvalue weighted by Gasteiger charge is -2.33. The van der Waals surface area contributed by atoms with E-state index in [9.17, 15) is 14.7 Å². The summed E-state index contributed by atoms with van der Waals surface area (Å²) >= 11 is 7.57. The summed E-state index contributed by atoms with van der Waals surface area (Å²) in [4.78, 5) is 31.1. The number of aromatic carboxylic acids is 1. The summed E-state index contributed by atoms with van der Waals surface area (Å²) in [5.74, 6) is 0.203. The summed E-state index contributed by atoms with van der Waals surface area (Å²) in [5.41, 5.74) is 3.15. The van der Waals surface area contributed by atoms with Gasteiger partial charge < -0.3 is 14.8 Å². The van der Waals surface area contributed by atoms with Crippen LogP contribution in [-0.4, -0.2) is 23.2 Å². The minimum absolute atomic E-state index is 0.163. The average Bonchev–Trinajstić information content (AvgIpc) is 3.52. The number of halogens is 1. The fourth-order valence-corrected chi connectivity index (χ4v) is 6.33. The Labute approximate surface area is 236 Å². The van der Waals surface area contributed by atoms with Gasteiger partial charge in [-0.25, -0.2) is 9.79 Å². The summed E-state index contributed by atoms with van der Waals surface area (Å²) < 4.78 is 5.93. The molecule has 1 amide bonds. The SMILES string of the molecule is CC(C)(C)[C@@H]1CCc2c(sc(N=Cc3ccc(-c4ccccc4C(=O)O)o3)c2C(=O)Nc2ccc(Cl)cc2)C1. The molecule has 200 valence electrons. The molecule has 0 saturated heterocycles. The molecule has 0 unspecified atom stereocenters. The van der Waals surface area contributed by atoms with Crippen molar-refractivity contribution < 1.29 is 19.1 Å². The highest BCUT2D eigenvalue weighted by Gasteiger charge is 2.33. The molecule has 1 atom stereocenters. The maximum absolute atomic E-state index is 13.5. The number of aliphatic imine (C=N–C) groups is 1. The number of thiophene rings is 1. The van der Waals surface area contributed by atoms with E-state index < -0.39 is 5.97 Å². The maximum Gasteiger partial charge on any atom is 0.336 e. The van der Waals surface area contributed by atoms with E-state index in [0.717, 1.165) is 24.8 Å². The van der Waals surface area contributed by atoms with E-state index in [4.69, 9.17) is 21.0 Å². The summed E-state index contributed by atoms with van der Waals surface area (Å²) in [7, 11) is 0. The zero-order valence-corrected chi connectivity index (χ0v) is 23.5. The number of hydrogen-bond acceptors (Lipinski definition) is 5. The molecule has 0 radical (unpaired) electrons. The van der Waals surface area contributed by atoms with Crippen LogP contribution in [0.5, 0.6) is 0 Å². The Morgan fingerprint density at radius 2 is 1.85 bits per heavy atom. The van der Waals surface area contributed by atoms with E-state index in [1.165, 1.54) is 4.88 Å². The smallest absolute Gasteiger partial charge is 0.336 e. The number of carbonyl (C=O) groups excluding carboxylic acids is 1. The van der Waals surface area contributed by atoms with Gasteiger partial charge in [0.15, 0.2) is 0 Å². The molecular weight excluding hydrogens is 532 g/mol.